The van der Waals surface area contributed by atoms with Gasteiger partial charge in [-0.2, -0.15) is 0 Å². The maximum Gasteiger partial charge on any atom is 0.131 e. The van der Waals surface area contributed by atoms with Gasteiger partial charge < -0.3 is 9.47 Å². The van der Waals surface area contributed by atoms with Crippen LogP contribution in [-0.4, -0.2) is 42.2 Å². The molecule has 0 saturated carbocycles. The van der Waals surface area contributed by atoms with E-state index in [1.54, 1.807) is 14.2 Å². The quantitative estimate of drug-likeness (QED) is 0.803. The van der Waals surface area contributed by atoms with Crippen LogP contribution in [0.1, 0.15) is 49.2 Å². The Hall–Kier alpha value is -2.14. The van der Waals surface area contributed by atoms with Crippen molar-refractivity contribution in [3.8, 4) is 11.5 Å². The maximum absolute atomic E-state index is 5.56. The van der Waals surface area contributed by atoms with Crippen LogP contribution in [0.25, 0.3) is 0 Å². The molecular formula is C20H27N3O2. The molecule has 0 aliphatic carbocycles. The molecule has 2 aromatic rings. The van der Waals surface area contributed by atoms with Gasteiger partial charge in [0.05, 0.1) is 19.9 Å². The Labute approximate surface area is 150 Å². The van der Waals surface area contributed by atoms with Crippen molar-refractivity contribution >= 4 is 0 Å². The highest BCUT2D eigenvalue weighted by Crippen LogP contribution is 2.36. The molecule has 0 unspecified atom stereocenters. The Morgan fingerprint density at radius 3 is 2.76 bits per heavy atom. The zero-order valence-electron chi connectivity index (χ0n) is 15.5. The summed E-state index contributed by atoms with van der Waals surface area (Å²) in [7, 11) is 3.43. The summed E-state index contributed by atoms with van der Waals surface area (Å²) in [5.41, 5.74) is 2.33. The van der Waals surface area contributed by atoms with Crippen molar-refractivity contribution in [2.24, 2.45) is 0 Å². The second-order valence-corrected chi connectivity index (χ2v) is 6.89. The molecular weight excluding hydrogens is 314 g/mol. The molecule has 0 N–H and O–H groups in total. The number of likely N-dealkylation sites (tertiary alicyclic amines) is 1. The Morgan fingerprint density at radius 2 is 2.04 bits per heavy atom. The third-order valence-corrected chi connectivity index (χ3v) is 4.78. The van der Waals surface area contributed by atoms with E-state index in [1.807, 2.05) is 24.4 Å². The summed E-state index contributed by atoms with van der Waals surface area (Å²) in [5.74, 6) is 3.55. The number of benzene rings is 1. The minimum Gasteiger partial charge on any atom is -0.497 e. The lowest BCUT2D eigenvalue weighted by Gasteiger charge is -2.18. The van der Waals surface area contributed by atoms with Crippen LogP contribution in [0.4, 0.5) is 0 Å². The first-order chi connectivity index (χ1) is 12.1. The van der Waals surface area contributed by atoms with Crippen molar-refractivity contribution in [2.75, 3.05) is 27.3 Å². The Kier molecular flexibility index (Phi) is 5.53. The van der Waals surface area contributed by atoms with E-state index >= 15 is 0 Å². The van der Waals surface area contributed by atoms with Gasteiger partial charge in [0.25, 0.3) is 0 Å². The highest BCUT2D eigenvalue weighted by atomic mass is 16.5. The predicted molar refractivity (Wildman–Crippen MR) is 98.3 cm³/mol. The molecule has 1 fully saturated rings. The molecule has 1 saturated heterocycles. The topological polar surface area (TPSA) is 47.5 Å². The average Bonchev–Trinajstić information content (AvgIpc) is 3.09. The van der Waals surface area contributed by atoms with E-state index in [0.717, 1.165) is 49.1 Å². The van der Waals surface area contributed by atoms with Gasteiger partial charge in [-0.15, -0.1) is 0 Å². The molecule has 5 nitrogen and oxygen atoms in total. The Morgan fingerprint density at radius 1 is 1.20 bits per heavy atom. The van der Waals surface area contributed by atoms with E-state index < -0.39 is 0 Å². The fourth-order valence-corrected chi connectivity index (χ4v) is 3.40. The summed E-state index contributed by atoms with van der Waals surface area (Å²) in [6, 6.07) is 8.07. The second-order valence-electron chi connectivity index (χ2n) is 6.89. The summed E-state index contributed by atoms with van der Waals surface area (Å²) in [5, 5.41) is 0. The van der Waals surface area contributed by atoms with Gasteiger partial charge in [-0.05, 0) is 37.2 Å². The molecule has 2 heterocycles. The SMILES string of the molecule is COc1ccc(OC)c([C@@H]2CCN(Cc3ccnc(C(C)C)n3)C2)c1. The third-order valence-electron chi connectivity index (χ3n) is 4.78. The van der Waals surface area contributed by atoms with Gasteiger partial charge in [0, 0.05) is 36.7 Å². The zero-order valence-corrected chi connectivity index (χ0v) is 15.5. The normalized spacial score (nSPS) is 17.9. The van der Waals surface area contributed by atoms with Gasteiger partial charge in [0.2, 0.25) is 0 Å². The molecule has 1 atom stereocenters. The van der Waals surface area contributed by atoms with Crippen molar-refractivity contribution in [1.82, 2.24) is 14.9 Å². The monoisotopic (exact) mass is 341 g/mol. The number of methoxy groups -OCH3 is 2. The van der Waals surface area contributed by atoms with Crippen molar-refractivity contribution in [3.05, 3.63) is 47.5 Å². The van der Waals surface area contributed by atoms with Crippen LogP contribution in [0, 0.1) is 0 Å². The van der Waals surface area contributed by atoms with E-state index in [2.05, 4.69) is 29.8 Å². The van der Waals surface area contributed by atoms with Gasteiger partial charge in [-0.3, -0.25) is 4.90 Å². The van der Waals surface area contributed by atoms with Gasteiger partial charge >= 0.3 is 0 Å². The Balaban J connectivity index is 1.71. The average molecular weight is 341 g/mol. The lowest BCUT2D eigenvalue weighted by Crippen LogP contribution is -2.21. The van der Waals surface area contributed by atoms with E-state index in [0.29, 0.717) is 11.8 Å². The maximum atomic E-state index is 5.56. The largest absolute Gasteiger partial charge is 0.497 e. The molecule has 3 rings (SSSR count). The number of hydrogen-bond acceptors (Lipinski definition) is 5. The number of nitrogens with zero attached hydrogens (tertiary/aromatic N) is 3. The highest BCUT2D eigenvalue weighted by molar-refractivity contribution is 5.43. The Bertz CT molecular complexity index is 718. The fourth-order valence-electron chi connectivity index (χ4n) is 3.40. The number of rotatable bonds is 6. The van der Waals surface area contributed by atoms with Crippen LogP contribution >= 0.6 is 0 Å². The third kappa shape index (κ3) is 4.10. The predicted octanol–water partition coefficient (Wildman–Crippen LogP) is 3.61. The smallest absolute Gasteiger partial charge is 0.131 e. The van der Waals surface area contributed by atoms with Gasteiger partial charge in [0.1, 0.15) is 17.3 Å². The van der Waals surface area contributed by atoms with Crippen LogP contribution in [0.5, 0.6) is 11.5 Å². The molecule has 1 aliphatic rings. The van der Waals surface area contributed by atoms with Gasteiger partial charge in [0.15, 0.2) is 0 Å². The van der Waals surface area contributed by atoms with Crippen LogP contribution in [0.3, 0.4) is 0 Å². The van der Waals surface area contributed by atoms with Crippen LogP contribution in [0.2, 0.25) is 0 Å². The van der Waals surface area contributed by atoms with E-state index in [1.165, 1.54) is 5.56 Å². The highest BCUT2D eigenvalue weighted by Gasteiger charge is 2.27. The minimum absolute atomic E-state index is 0.354. The van der Waals surface area contributed by atoms with E-state index in [9.17, 15) is 0 Å². The fraction of sp³-hybridized carbons (Fsp3) is 0.500. The summed E-state index contributed by atoms with van der Waals surface area (Å²) in [6.45, 7) is 7.18. The standard InChI is InChI=1S/C20H27N3O2/c1-14(2)20-21-9-7-16(22-20)13-23-10-8-15(12-23)18-11-17(24-3)5-6-19(18)25-4/h5-7,9,11,14-15H,8,10,12-13H2,1-4H3/t15-/m1/s1. The lowest BCUT2D eigenvalue weighted by molar-refractivity contribution is 0.320. The van der Waals surface area contributed by atoms with Crippen molar-refractivity contribution in [3.63, 3.8) is 0 Å². The van der Waals surface area contributed by atoms with Crippen molar-refractivity contribution < 1.29 is 9.47 Å². The number of aromatic nitrogens is 2. The lowest BCUT2D eigenvalue weighted by atomic mass is 9.97. The molecule has 5 heteroatoms. The van der Waals surface area contributed by atoms with Crippen LogP contribution < -0.4 is 9.47 Å². The molecule has 1 aromatic heterocycles. The summed E-state index contributed by atoms with van der Waals surface area (Å²) in [4.78, 5) is 11.5. The summed E-state index contributed by atoms with van der Waals surface area (Å²) >= 11 is 0. The molecule has 1 aliphatic heterocycles. The first-order valence-corrected chi connectivity index (χ1v) is 8.86. The molecule has 134 valence electrons. The van der Waals surface area contributed by atoms with Gasteiger partial charge in [-0.25, -0.2) is 9.97 Å². The first-order valence-electron chi connectivity index (χ1n) is 8.86. The minimum atomic E-state index is 0.354. The number of ether oxygens (including phenoxy) is 2. The molecule has 1 aromatic carbocycles. The number of hydrogen-bond donors (Lipinski definition) is 0. The van der Waals surface area contributed by atoms with Crippen molar-refractivity contribution in [2.45, 2.75) is 38.6 Å². The first kappa shape index (κ1) is 17.7. The van der Waals surface area contributed by atoms with Crippen LogP contribution in [0.15, 0.2) is 30.5 Å². The molecule has 0 amide bonds. The molecule has 25 heavy (non-hydrogen) atoms. The van der Waals surface area contributed by atoms with E-state index in [-0.39, 0.29) is 0 Å². The molecule has 0 spiro atoms. The summed E-state index contributed by atoms with van der Waals surface area (Å²) < 4.78 is 10.9. The van der Waals surface area contributed by atoms with Crippen molar-refractivity contribution in [1.29, 1.82) is 0 Å². The van der Waals surface area contributed by atoms with Gasteiger partial charge in [-0.1, -0.05) is 13.8 Å². The summed E-state index contributed by atoms with van der Waals surface area (Å²) in [6.07, 6.45) is 2.99. The molecule has 0 radical (unpaired) electrons. The van der Waals surface area contributed by atoms with Crippen LogP contribution in [-0.2, 0) is 6.54 Å². The zero-order chi connectivity index (χ0) is 17.8. The molecule has 0 bridgehead atoms. The van der Waals surface area contributed by atoms with E-state index in [4.69, 9.17) is 14.5 Å². The second kappa shape index (κ2) is 7.83.